The van der Waals surface area contributed by atoms with E-state index in [2.05, 4.69) is 64.1 Å². The first-order chi connectivity index (χ1) is 9.20. The Morgan fingerprint density at radius 3 is 2.74 bits per heavy atom. The molecular weight excluding hydrogens is 300 g/mol. The van der Waals surface area contributed by atoms with Gasteiger partial charge in [-0.05, 0) is 30.7 Å². The molecule has 1 aromatic carbocycles. The molecule has 2 nitrogen and oxygen atoms in total. The molecule has 0 aliphatic rings. The topological polar surface area (TPSA) is 16.1 Å². The van der Waals surface area contributed by atoms with Crippen LogP contribution >= 0.6 is 15.9 Å². The summed E-state index contributed by atoms with van der Waals surface area (Å²) in [6.45, 7) is 3.10. The molecule has 0 saturated carbocycles. The molecule has 0 bridgehead atoms. The third-order valence-corrected chi connectivity index (χ3v) is 3.82. The minimum absolute atomic E-state index is 0.887. The van der Waals surface area contributed by atoms with E-state index in [4.69, 9.17) is 0 Å². The van der Waals surface area contributed by atoms with Crippen LogP contribution in [-0.4, -0.2) is 18.6 Å². The zero-order valence-corrected chi connectivity index (χ0v) is 13.0. The van der Waals surface area contributed by atoms with Crippen molar-refractivity contribution < 1.29 is 0 Å². The zero-order chi connectivity index (χ0) is 13.7. The minimum Gasteiger partial charge on any atom is -0.374 e. The van der Waals surface area contributed by atoms with E-state index in [-0.39, 0.29) is 0 Å². The number of likely N-dealkylation sites (N-methyl/N-ethyl adjacent to an activating group) is 1. The Labute approximate surface area is 123 Å². The highest BCUT2D eigenvalue weighted by molar-refractivity contribution is 9.08. The molecular formula is C16H19BrN2. The Bertz CT molecular complexity index is 526. The lowest BCUT2D eigenvalue weighted by Gasteiger charge is -2.22. The summed E-state index contributed by atoms with van der Waals surface area (Å²) < 4.78 is 0. The Balaban J connectivity index is 2.05. The average Bonchev–Trinajstić information content (AvgIpc) is 2.45. The monoisotopic (exact) mass is 318 g/mol. The second-order valence-electron chi connectivity index (χ2n) is 4.76. The van der Waals surface area contributed by atoms with Crippen LogP contribution in [0.2, 0.25) is 0 Å². The first-order valence-electron chi connectivity index (χ1n) is 6.47. The Morgan fingerprint density at radius 2 is 2.05 bits per heavy atom. The smallest absolute Gasteiger partial charge is 0.0421 e. The van der Waals surface area contributed by atoms with Crippen molar-refractivity contribution in [3.8, 4) is 0 Å². The van der Waals surface area contributed by atoms with Crippen LogP contribution in [0.1, 0.15) is 16.8 Å². The van der Waals surface area contributed by atoms with E-state index >= 15 is 0 Å². The summed E-state index contributed by atoms with van der Waals surface area (Å²) in [4.78, 5) is 6.66. The fourth-order valence-electron chi connectivity index (χ4n) is 2.14. The molecule has 0 N–H and O–H groups in total. The van der Waals surface area contributed by atoms with Crippen molar-refractivity contribution in [2.45, 2.75) is 18.7 Å². The van der Waals surface area contributed by atoms with Gasteiger partial charge >= 0.3 is 0 Å². The first-order valence-corrected chi connectivity index (χ1v) is 7.59. The quantitative estimate of drug-likeness (QED) is 0.776. The van der Waals surface area contributed by atoms with E-state index in [9.17, 15) is 0 Å². The summed E-state index contributed by atoms with van der Waals surface area (Å²) >= 11 is 3.57. The highest BCUT2D eigenvalue weighted by Gasteiger charge is 2.07. The maximum atomic E-state index is 4.37. The lowest BCUT2D eigenvalue weighted by molar-refractivity contribution is 0.849. The van der Waals surface area contributed by atoms with Gasteiger partial charge in [0.05, 0.1) is 0 Å². The van der Waals surface area contributed by atoms with Gasteiger partial charge in [-0.1, -0.05) is 39.7 Å². The van der Waals surface area contributed by atoms with Crippen molar-refractivity contribution in [1.82, 2.24) is 4.98 Å². The third-order valence-electron chi connectivity index (χ3n) is 3.22. The lowest BCUT2D eigenvalue weighted by Crippen LogP contribution is -2.21. The van der Waals surface area contributed by atoms with Crippen LogP contribution in [0.5, 0.6) is 0 Å². The van der Waals surface area contributed by atoms with Crippen LogP contribution in [0.3, 0.4) is 0 Å². The van der Waals surface area contributed by atoms with Gasteiger partial charge in [0, 0.05) is 42.9 Å². The molecule has 0 saturated heterocycles. The summed E-state index contributed by atoms with van der Waals surface area (Å²) in [5.41, 5.74) is 5.07. The van der Waals surface area contributed by atoms with Crippen LogP contribution in [0, 0.1) is 6.92 Å². The van der Waals surface area contributed by atoms with Gasteiger partial charge in [0.15, 0.2) is 0 Å². The van der Waals surface area contributed by atoms with Gasteiger partial charge in [-0.2, -0.15) is 0 Å². The van der Waals surface area contributed by atoms with Gasteiger partial charge in [0.2, 0.25) is 0 Å². The number of aryl methyl sites for hydroxylation is 1. The number of pyridine rings is 1. The first kappa shape index (κ1) is 14.1. The van der Waals surface area contributed by atoms with Crippen LogP contribution < -0.4 is 4.90 Å². The Hall–Kier alpha value is -1.35. The number of alkyl halides is 1. The highest BCUT2D eigenvalue weighted by atomic mass is 79.9. The Kier molecular flexibility index (Phi) is 4.97. The molecule has 1 aromatic heterocycles. The highest BCUT2D eigenvalue weighted by Crippen LogP contribution is 2.23. The molecule has 0 unspecified atom stereocenters. The fraction of sp³-hybridized carbons (Fsp3) is 0.312. The molecule has 2 rings (SSSR count). The summed E-state index contributed by atoms with van der Waals surface area (Å²) in [6.07, 6.45) is 2.82. The molecule has 0 radical (unpaired) electrons. The van der Waals surface area contributed by atoms with Crippen molar-refractivity contribution in [2.75, 3.05) is 18.5 Å². The van der Waals surface area contributed by atoms with Crippen LogP contribution in [0.4, 0.5) is 5.69 Å². The van der Waals surface area contributed by atoms with Crippen molar-refractivity contribution >= 4 is 21.6 Å². The molecule has 0 spiro atoms. The number of nitrogens with zero attached hydrogens (tertiary/aromatic N) is 2. The van der Waals surface area contributed by atoms with Gasteiger partial charge < -0.3 is 4.90 Å². The van der Waals surface area contributed by atoms with Gasteiger partial charge in [0.1, 0.15) is 0 Å². The van der Waals surface area contributed by atoms with E-state index in [0.717, 1.165) is 24.0 Å². The number of aromatic nitrogens is 1. The summed E-state index contributed by atoms with van der Waals surface area (Å²) in [7, 11) is 2.14. The summed E-state index contributed by atoms with van der Waals surface area (Å²) in [6, 6.07) is 12.7. The number of rotatable bonds is 5. The molecule has 0 atom stereocenters. The standard InChI is InChI=1S/C16H19BrN2/c1-13-6-7-16(14(11-13)12-17)19(2)10-8-15-5-3-4-9-18-15/h3-7,9,11H,8,10,12H2,1-2H3. The van der Waals surface area contributed by atoms with E-state index in [1.54, 1.807) is 0 Å². The number of benzene rings is 1. The normalized spacial score (nSPS) is 10.5. The van der Waals surface area contributed by atoms with Gasteiger partial charge in [-0.3, -0.25) is 4.98 Å². The van der Waals surface area contributed by atoms with E-state index < -0.39 is 0 Å². The molecule has 3 heteroatoms. The van der Waals surface area contributed by atoms with Crippen molar-refractivity contribution in [3.63, 3.8) is 0 Å². The molecule has 0 fully saturated rings. The molecule has 2 aromatic rings. The van der Waals surface area contributed by atoms with Crippen LogP contribution in [0.25, 0.3) is 0 Å². The molecule has 100 valence electrons. The zero-order valence-electron chi connectivity index (χ0n) is 11.4. The second kappa shape index (κ2) is 6.71. The molecule has 0 amide bonds. The molecule has 1 heterocycles. The largest absolute Gasteiger partial charge is 0.374 e. The minimum atomic E-state index is 0.887. The summed E-state index contributed by atoms with van der Waals surface area (Å²) in [5.74, 6) is 0. The fourth-order valence-corrected chi connectivity index (χ4v) is 2.59. The molecule has 19 heavy (non-hydrogen) atoms. The number of halogens is 1. The number of hydrogen-bond donors (Lipinski definition) is 0. The maximum Gasteiger partial charge on any atom is 0.0421 e. The van der Waals surface area contributed by atoms with Crippen LogP contribution in [0.15, 0.2) is 42.6 Å². The SMILES string of the molecule is Cc1ccc(N(C)CCc2ccccn2)c(CBr)c1. The number of anilines is 1. The van der Waals surface area contributed by atoms with Crippen molar-refractivity contribution in [3.05, 3.63) is 59.4 Å². The third kappa shape index (κ3) is 3.80. The van der Waals surface area contributed by atoms with Gasteiger partial charge in [-0.25, -0.2) is 0 Å². The second-order valence-corrected chi connectivity index (χ2v) is 5.32. The van der Waals surface area contributed by atoms with E-state index in [0.29, 0.717) is 0 Å². The molecule has 0 aliphatic carbocycles. The predicted molar refractivity (Wildman–Crippen MR) is 85.0 cm³/mol. The number of hydrogen-bond acceptors (Lipinski definition) is 2. The summed E-state index contributed by atoms with van der Waals surface area (Å²) in [5, 5.41) is 0.887. The van der Waals surface area contributed by atoms with Crippen molar-refractivity contribution in [2.24, 2.45) is 0 Å². The molecule has 0 aliphatic heterocycles. The van der Waals surface area contributed by atoms with Crippen LogP contribution in [-0.2, 0) is 11.8 Å². The predicted octanol–water partition coefficient (Wildman–Crippen LogP) is 3.96. The van der Waals surface area contributed by atoms with Gasteiger partial charge in [0.25, 0.3) is 0 Å². The van der Waals surface area contributed by atoms with E-state index in [1.807, 2.05) is 18.3 Å². The van der Waals surface area contributed by atoms with Gasteiger partial charge in [-0.15, -0.1) is 0 Å². The Morgan fingerprint density at radius 1 is 1.21 bits per heavy atom. The lowest BCUT2D eigenvalue weighted by atomic mass is 10.1. The maximum absolute atomic E-state index is 4.37. The van der Waals surface area contributed by atoms with E-state index in [1.165, 1.54) is 16.8 Å². The average molecular weight is 319 g/mol. The van der Waals surface area contributed by atoms with Crippen molar-refractivity contribution in [1.29, 1.82) is 0 Å².